The van der Waals surface area contributed by atoms with Crippen LogP contribution in [0, 0.1) is 17.8 Å². The Bertz CT molecular complexity index is 880. The smallest absolute Gasteiger partial charge is 0.224 e. The van der Waals surface area contributed by atoms with Gasteiger partial charge in [0.1, 0.15) is 11.5 Å². The molecule has 0 heterocycles. The van der Waals surface area contributed by atoms with Crippen LogP contribution < -0.4 is 5.73 Å². The van der Waals surface area contributed by atoms with Crippen molar-refractivity contribution in [1.29, 1.82) is 0 Å². The van der Waals surface area contributed by atoms with Gasteiger partial charge in [-0.3, -0.25) is 19.2 Å². The second-order valence-electron chi connectivity index (χ2n) is 8.97. The van der Waals surface area contributed by atoms with Gasteiger partial charge < -0.3 is 21.1 Å². The molecular formula is C25H35NO7. The minimum atomic E-state index is -0.875. The number of aliphatic hydroxyl groups excluding tert-OH is 2. The molecule has 0 saturated heterocycles. The van der Waals surface area contributed by atoms with Crippen molar-refractivity contribution in [2.24, 2.45) is 23.5 Å². The van der Waals surface area contributed by atoms with Crippen LogP contribution in [-0.4, -0.2) is 51.8 Å². The van der Waals surface area contributed by atoms with Crippen LogP contribution in [0.1, 0.15) is 84.6 Å². The third kappa shape index (κ3) is 6.95. The van der Waals surface area contributed by atoms with Crippen molar-refractivity contribution in [3.63, 3.8) is 0 Å². The van der Waals surface area contributed by atoms with Gasteiger partial charge in [0.25, 0.3) is 0 Å². The summed E-state index contributed by atoms with van der Waals surface area (Å²) in [6, 6.07) is 2.96. The van der Waals surface area contributed by atoms with E-state index in [1.54, 1.807) is 6.07 Å². The average molecular weight is 462 g/mol. The summed E-state index contributed by atoms with van der Waals surface area (Å²) < 4.78 is 0. The number of Topliss-reactive ketones (excluding diaryl/α,β-unsaturated/α-hetero) is 3. The van der Waals surface area contributed by atoms with Crippen molar-refractivity contribution in [2.45, 2.75) is 64.7 Å². The molecule has 3 unspecified atom stereocenters. The Morgan fingerprint density at radius 3 is 2.48 bits per heavy atom. The molecule has 1 aromatic carbocycles. The minimum absolute atomic E-state index is 0.0649. The maximum absolute atomic E-state index is 12.9. The van der Waals surface area contributed by atoms with Crippen molar-refractivity contribution in [1.82, 2.24) is 0 Å². The first-order chi connectivity index (χ1) is 15.7. The number of rotatable bonds is 14. The van der Waals surface area contributed by atoms with Gasteiger partial charge in [0, 0.05) is 30.9 Å². The second-order valence-corrected chi connectivity index (χ2v) is 8.97. The number of amides is 1. The molecule has 0 aliphatic heterocycles. The molecule has 2 rings (SSSR count). The number of hydrogen-bond acceptors (Lipinski definition) is 7. The van der Waals surface area contributed by atoms with Gasteiger partial charge in [-0.05, 0) is 55.2 Å². The predicted molar refractivity (Wildman–Crippen MR) is 122 cm³/mol. The van der Waals surface area contributed by atoms with Crippen molar-refractivity contribution in [3.05, 3.63) is 28.8 Å². The number of nitrogens with two attached hydrogens (primary N) is 1. The monoisotopic (exact) mass is 461 g/mol. The molecule has 0 radical (unpaired) electrons. The molecule has 0 saturated carbocycles. The Kier molecular flexibility index (Phi) is 10.2. The van der Waals surface area contributed by atoms with Gasteiger partial charge >= 0.3 is 0 Å². The lowest BCUT2D eigenvalue weighted by Crippen LogP contribution is -2.34. The lowest BCUT2D eigenvalue weighted by molar-refractivity contribution is -0.131. The van der Waals surface area contributed by atoms with Gasteiger partial charge in [0.05, 0.1) is 18.6 Å². The van der Waals surface area contributed by atoms with Crippen LogP contribution in [0.25, 0.3) is 0 Å². The number of aromatic hydroxyl groups is 1. The first kappa shape index (κ1) is 26.7. The fourth-order valence-electron chi connectivity index (χ4n) is 4.88. The van der Waals surface area contributed by atoms with E-state index in [1.807, 2.05) is 6.92 Å². The van der Waals surface area contributed by atoms with Crippen LogP contribution in [-0.2, 0) is 16.0 Å². The summed E-state index contributed by atoms with van der Waals surface area (Å²) in [6.07, 6.45) is 3.59. The molecule has 0 spiro atoms. The Labute approximate surface area is 194 Å². The van der Waals surface area contributed by atoms with E-state index >= 15 is 0 Å². The van der Waals surface area contributed by atoms with E-state index in [4.69, 9.17) is 5.73 Å². The highest BCUT2D eigenvalue weighted by Crippen LogP contribution is 2.38. The summed E-state index contributed by atoms with van der Waals surface area (Å²) >= 11 is 0. The summed E-state index contributed by atoms with van der Waals surface area (Å²) in [5.74, 6) is -3.32. The quantitative estimate of drug-likeness (QED) is 0.188. The molecule has 3 atom stereocenters. The highest BCUT2D eigenvalue weighted by molar-refractivity contribution is 6.06. The Balaban J connectivity index is 2.29. The molecule has 182 valence electrons. The molecule has 1 amide bonds. The fraction of sp³-hybridized carbons (Fsp3) is 0.600. The second kappa shape index (κ2) is 12.6. The molecule has 0 aromatic heterocycles. The molecule has 0 fully saturated rings. The molecule has 8 heteroatoms. The van der Waals surface area contributed by atoms with Gasteiger partial charge in [-0.25, -0.2) is 0 Å². The first-order valence-electron chi connectivity index (χ1n) is 11.7. The Morgan fingerprint density at radius 2 is 1.88 bits per heavy atom. The van der Waals surface area contributed by atoms with Gasteiger partial charge in [-0.1, -0.05) is 19.8 Å². The normalized spacial score (nSPS) is 17.3. The van der Waals surface area contributed by atoms with Crippen LogP contribution in [0.3, 0.4) is 0 Å². The molecule has 5 N–H and O–H groups in total. The maximum atomic E-state index is 12.9. The summed E-state index contributed by atoms with van der Waals surface area (Å²) in [4.78, 5) is 49.4. The number of benzene rings is 1. The van der Waals surface area contributed by atoms with Gasteiger partial charge in [0.2, 0.25) is 5.91 Å². The number of phenolic OH excluding ortho intramolecular Hbond substituents is 1. The van der Waals surface area contributed by atoms with Crippen LogP contribution in [0.4, 0.5) is 0 Å². The number of unbranched alkanes of at least 4 members (excludes halogenated alkanes) is 2. The number of carbonyl (C=O) groups excluding carboxylic acids is 4. The van der Waals surface area contributed by atoms with E-state index in [0.29, 0.717) is 30.4 Å². The van der Waals surface area contributed by atoms with Crippen LogP contribution in [0.2, 0.25) is 0 Å². The number of aliphatic hydroxyl groups is 2. The summed E-state index contributed by atoms with van der Waals surface area (Å²) in [6.45, 7) is 1.34. The third-order valence-corrected chi connectivity index (χ3v) is 6.51. The molecule has 1 aliphatic rings. The van der Waals surface area contributed by atoms with E-state index in [1.165, 1.54) is 6.07 Å². The lowest BCUT2D eigenvalue weighted by atomic mass is 9.72. The van der Waals surface area contributed by atoms with Crippen molar-refractivity contribution in [3.8, 4) is 5.75 Å². The number of hydrogen-bond donors (Lipinski definition) is 4. The topological polar surface area (TPSA) is 155 Å². The highest BCUT2D eigenvalue weighted by atomic mass is 16.3. The summed E-state index contributed by atoms with van der Waals surface area (Å²) in [5.41, 5.74) is 6.29. The van der Waals surface area contributed by atoms with Crippen LogP contribution in [0.5, 0.6) is 5.75 Å². The average Bonchev–Trinajstić information content (AvgIpc) is 2.74. The van der Waals surface area contributed by atoms with Crippen LogP contribution >= 0.6 is 0 Å². The van der Waals surface area contributed by atoms with Gasteiger partial charge in [0.15, 0.2) is 11.6 Å². The van der Waals surface area contributed by atoms with Crippen molar-refractivity contribution >= 4 is 23.3 Å². The number of ketones is 3. The van der Waals surface area contributed by atoms with E-state index in [2.05, 4.69) is 0 Å². The molecule has 33 heavy (non-hydrogen) atoms. The third-order valence-electron chi connectivity index (χ3n) is 6.51. The highest BCUT2D eigenvalue weighted by Gasteiger charge is 2.35. The van der Waals surface area contributed by atoms with E-state index < -0.39 is 36.6 Å². The fourth-order valence-corrected chi connectivity index (χ4v) is 4.88. The standard InChI is InChI=1S/C25H35NO7/c1-2-3-4-5-20(29)17-6-7-21(30)25-18(17)11-15(12-23(25)32)10-16(8-9-27)19(14-28)22(31)13-24(26)33/h6-7,15-16,19,27-28,30H,2-5,8-14H2,1H3,(H2,26,33). The zero-order valence-electron chi connectivity index (χ0n) is 19.2. The SMILES string of the molecule is CCCCCC(=O)c1ccc(O)c2c1CC(CC(CCO)C(CO)C(=O)CC(N)=O)CC2=O. The Morgan fingerprint density at radius 1 is 1.15 bits per heavy atom. The molecule has 1 aliphatic carbocycles. The summed E-state index contributed by atoms with van der Waals surface area (Å²) in [7, 11) is 0. The van der Waals surface area contributed by atoms with Crippen molar-refractivity contribution < 1.29 is 34.5 Å². The zero-order chi connectivity index (χ0) is 24.5. The molecule has 8 nitrogen and oxygen atoms in total. The Hall–Kier alpha value is -2.58. The number of fused-ring (bicyclic) bond motifs is 1. The van der Waals surface area contributed by atoms with Crippen molar-refractivity contribution in [2.75, 3.05) is 13.2 Å². The zero-order valence-corrected chi connectivity index (χ0v) is 19.2. The molecular weight excluding hydrogens is 426 g/mol. The van der Waals surface area contributed by atoms with Crippen LogP contribution in [0.15, 0.2) is 12.1 Å². The number of carbonyl (C=O) groups is 4. The molecule has 1 aromatic rings. The number of primary amides is 1. The minimum Gasteiger partial charge on any atom is -0.507 e. The van der Waals surface area contributed by atoms with Gasteiger partial charge in [-0.15, -0.1) is 0 Å². The largest absolute Gasteiger partial charge is 0.507 e. The molecule has 0 bridgehead atoms. The van der Waals surface area contributed by atoms with Gasteiger partial charge in [-0.2, -0.15) is 0 Å². The first-order valence-corrected chi connectivity index (χ1v) is 11.7. The van der Waals surface area contributed by atoms with E-state index in [0.717, 1.165) is 19.3 Å². The lowest BCUT2D eigenvalue weighted by Gasteiger charge is -2.31. The van der Waals surface area contributed by atoms with E-state index in [-0.39, 0.29) is 48.2 Å². The number of phenols is 1. The van der Waals surface area contributed by atoms with E-state index in [9.17, 15) is 34.5 Å². The predicted octanol–water partition coefficient (Wildman–Crippen LogP) is 2.34. The maximum Gasteiger partial charge on any atom is 0.224 e. The summed E-state index contributed by atoms with van der Waals surface area (Å²) in [5, 5.41) is 29.6.